The molecule has 1 heterocycles. The van der Waals surface area contributed by atoms with Gasteiger partial charge in [-0.1, -0.05) is 26.7 Å². The van der Waals surface area contributed by atoms with E-state index in [1.807, 2.05) is 6.92 Å². The lowest BCUT2D eigenvalue weighted by atomic mass is 9.95. The van der Waals surface area contributed by atoms with Crippen LogP contribution in [0.2, 0.25) is 0 Å². The van der Waals surface area contributed by atoms with Crippen molar-refractivity contribution in [2.24, 2.45) is 5.92 Å². The van der Waals surface area contributed by atoms with E-state index in [2.05, 4.69) is 29.4 Å². The Hall–Kier alpha value is -1.52. The van der Waals surface area contributed by atoms with Crippen LogP contribution in [-0.4, -0.2) is 22.1 Å². The summed E-state index contributed by atoms with van der Waals surface area (Å²) in [5.41, 5.74) is 7.21. The van der Waals surface area contributed by atoms with Crippen LogP contribution in [0.15, 0.2) is 0 Å². The van der Waals surface area contributed by atoms with Crippen LogP contribution in [0, 0.1) is 12.8 Å². The highest BCUT2D eigenvalue weighted by Crippen LogP contribution is 2.15. The van der Waals surface area contributed by atoms with Crippen molar-refractivity contribution in [1.82, 2.24) is 15.5 Å². The van der Waals surface area contributed by atoms with Crippen LogP contribution in [0.1, 0.15) is 49.8 Å². The molecule has 0 spiro atoms. The molecule has 96 valence electrons. The summed E-state index contributed by atoms with van der Waals surface area (Å²) in [5.74, 6) is 0.284. The van der Waals surface area contributed by atoms with Crippen molar-refractivity contribution >= 4 is 11.6 Å². The van der Waals surface area contributed by atoms with Crippen LogP contribution in [0.3, 0.4) is 0 Å². The molecule has 0 aliphatic heterocycles. The number of carbonyl (C=O) groups excluding carboxylic acids is 1. The summed E-state index contributed by atoms with van der Waals surface area (Å²) in [6, 6.07) is 0.133. The first kappa shape index (κ1) is 13.5. The van der Waals surface area contributed by atoms with Gasteiger partial charge in [-0.3, -0.25) is 9.89 Å². The van der Waals surface area contributed by atoms with E-state index in [9.17, 15) is 4.79 Å². The number of nitrogens with zero attached hydrogens (tertiary/aromatic N) is 1. The molecule has 5 heteroatoms. The maximum Gasteiger partial charge on any atom is 0.274 e. The fraction of sp³-hybridized carbons (Fsp3) is 0.667. The molecule has 1 atom stereocenters. The summed E-state index contributed by atoms with van der Waals surface area (Å²) < 4.78 is 0. The number of amides is 1. The molecule has 17 heavy (non-hydrogen) atoms. The minimum Gasteiger partial charge on any atom is -0.395 e. The van der Waals surface area contributed by atoms with Crippen LogP contribution >= 0.6 is 0 Å². The Bertz CT molecular complexity index is 382. The number of aryl methyl sites for hydroxylation is 1. The van der Waals surface area contributed by atoms with Gasteiger partial charge in [-0.25, -0.2) is 0 Å². The number of nitrogen functional groups attached to an aromatic ring is 1. The van der Waals surface area contributed by atoms with E-state index >= 15 is 0 Å². The second-order valence-electron chi connectivity index (χ2n) is 4.45. The van der Waals surface area contributed by atoms with Crippen LogP contribution in [0.4, 0.5) is 5.69 Å². The Balaban J connectivity index is 2.69. The summed E-state index contributed by atoms with van der Waals surface area (Å²) in [5, 5.41) is 9.58. The normalized spacial score (nSPS) is 12.8. The lowest BCUT2D eigenvalue weighted by molar-refractivity contribution is 0.0921. The Morgan fingerprint density at radius 1 is 1.47 bits per heavy atom. The number of aromatic nitrogens is 2. The standard InChI is InChI=1S/C12H22N4O/c1-5-9(6-2)7(3)14-12(17)11-10(13)8(4)15-16-11/h7,9H,5-6,13H2,1-4H3,(H,14,17)(H,15,16). The number of hydrogen-bond donors (Lipinski definition) is 3. The first-order valence-corrected chi connectivity index (χ1v) is 6.12. The third-order valence-corrected chi connectivity index (χ3v) is 3.32. The summed E-state index contributed by atoms with van der Waals surface area (Å²) in [6.07, 6.45) is 2.10. The molecule has 1 aromatic heterocycles. The predicted octanol–water partition coefficient (Wildman–Crippen LogP) is 1.85. The molecular formula is C12H22N4O. The molecule has 0 saturated carbocycles. The van der Waals surface area contributed by atoms with Crippen LogP contribution in [0.5, 0.6) is 0 Å². The molecule has 0 aromatic carbocycles. The Labute approximate surface area is 102 Å². The summed E-state index contributed by atoms with van der Waals surface area (Å²) in [6.45, 7) is 8.07. The Morgan fingerprint density at radius 2 is 2.06 bits per heavy atom. The van der Waals surface area contributed by atoms with E-state index in [1.165, 1.54) is 0 Å². The fourth-order valence-electron chi connectivity index (χ4n) is 2.00. The van der Waals surface area contributed by atoms with E-state index in [-0.39, 0.29) is 11.9 Å². The SMILES string of the molecule is CCC(CC)C(C)NC(=O)c1n[nH]c(C)c1N. The van der Waals surface area contributed by atoms with Gasteiger partial charge < -0.3 is 11.1 Å². The van der Waals surface area contributed by atoms with Crippen molar-refractivity contribution in [2.75, 3.05) is 5.73 Å². The molecule has 5 nitrogen and oxygen atoms in total. The van der Waals surface area contributed by atoms with Crippen LogP contribution < -0.4 is 11.1 Å². The number of anilines is 1. The zero-order valence-corrected chi connectivity index (χ0v) is 11.0. The van der Waals surface area contributed by atoms with Gasteiger partial charge in [-0.15, -0.1) is 0 Å². The van der Waals surface area contributed by atoms with Gasteiger partial charge in [0.25, 0.3) is 5.91 Å². The number of nitrogens with two attached hydrogens (primary N) is 1. The summed E-state index contributed by atoms with van der Waals surface area (Å²) >= 11 is 0. The van der Waals surface area contributed by atoms with E-state index in [1.54, 1.807) is 6.92 Å². The molecular weight excluding hydrogens is 216 g/mol. The van der Waals surface area contributed by atoms with Crippen molar-refractivity contribution < 1.29 is 4.79 Å². The topological polar surface area (TPSA) is 83.8 Å². The van der Waals surface area contributed by atoms with Crippen molar-refractivity contribution in [3.8, 4) is 0 Å². The van der Waals surface area contributed by atoms with Gasteiger partial charge in [0.15, 0.2) is 5.69 Å². The van der Waals surface area contributed by atoms with Gasteiger partial charge in [-0.2, -0.15) is 5.10 Å². The number of carbonyl (C=O) groups is 1. The second kappa shape index (κ2) is 5.70. The second-order valence-corrected chi connectivity index (χ2v) is 4.45. The number of H-pyrrole nitrogens is 1. The molecule has 0 aliphatic rings. The molecule has 0 saturated heterocycles. The molecule has 1 unspecified atom stereocenters. The summed E-state index contributed by atoms with van der Waals surface area (Å²) in [7, 11) is 0. The van der Waals surface area contributed by atoms with Crippen molar-refractivity contribution in [1.29, 1.82) is 0 Å². The van der Waals surface area contributed by atoms with E-state index < -0.39 is 0 Å². The van der Waals surface area contributed by atoms with Crippen molar-refractivity contribution in [3.63, 3.8) is 0 Å². The van der Waals surface area contributed by atoms with Crippen molar-refractivity contribution in [2.45, 2.75) is 46.6 Å². The van der Waals surface area contributed by atoms with Gasteiger partial charge in [0, 0.05) is 6.04 Å². The number of rotatable bonds is 5. The van der Waals surface area contributed by atoms with Gasteiger partial charge >= 0.3 is 0 Å². The fourth-order valence-corrected chi connectivity index (χ4v) is 2.00. The molecule has 1 amide bonds. The monoisotopic (exact) mass is 238 g/mol. The average Bonchev–Trinajstić information content (AvgIpc) is 2.61. The average molecular weight is 238 g/mol. The first-order chi connectivity index (χ1) is 8.01. The lowest BCUT2D eigenvalue weighted by Crippen LogP contribution is -2.38. The van der Waals surface area contributed by atoms with Gasteiger partial charge in [0.2, 0.25) is 0 Å². The zero-order valence-electron chi connectivity index (χ0n) is 11.0. The summed E-state index contributed by atoms with van der Waals surface area (Å²) in [4.78, 5) is 12.0. The quantitative estimate of drug-likeness (QED) is 0.732. The number of hydrogen-bond acceptors (Lipinski definition) is 3. The minimum atomic E-state index is -0.203. The smallest absolute Gasteiger partial charge is 0.274 e. The highest BCUT2D eigenvalue weighted by molar-refractivity contribution is 5.97. The molecule has 0 fully saturated rings. The third kappa shape index (κ3) is 2.99. The van der Waals surface area contributed by atoms with Crippen molar-refractivity contribution in [3.05, 3.63) is 11.4 Å². The van der Waals surface area contributed by atoms with Gasteiger partial charge in [-0.05, 0) is 19.8 Å². The maximum absolute atomic E-state index is 12.0. The first-order valence-electron chi connectivity index (χ1n) is 6.12. The van der Waals surface area contributed by atoms with Crippen LogP contribution in [-0.2, 0) is 0 Å². The molecule has 1 aromatic rings. The zero-order chi connectivity index (χ0) is 13.0. The highest BCUT2D eigenvalue weighted by atomic mass is 16.2. The lowest BCUT2D eigenvalue weighted by Gasteiger charge is -2.22. The number of aromatic amines is 1. The van der Waals surface area contributed by atoms with Crippen LogP contribution in [0.25, 0.3) is 0 Å². The van der Waals surface area contributed by atoms with E-state index in [0.717, 1.165) is 18.5 Å². The third-order valence-electron chi connectivity index (χ3n) is 3.32. The minimum absolute atomic E-state index is 0.133. The largest absolute Gasteiger partial charge is 0.395 e. The Morgan fingerprint density at radius 3 is 2.47 bits per heavy atom. The molecule has 4 N–H and O–H groups in total. The molecule has 0 aliphatic carbocycles. The molecule has 0 radical (unpaired) electrons. The molecule has 1 rings (SSSR count). The van der Waals surface area contributed by atoms with Gasteiger partial charge in [0.1, 0.15) is 0 Å². The van der Waals surface area contributed by atoms with Gasteiger partial charge in [0.05, 0.1) is 11.4 Å². The van der Waals surface area contributed by atoms with E-state index in [4.69, 9.17) is 5.73 Å². The van der Waals surface area contributed by atoms with E-state index in [0.29, 0.717) is 17.3 Å². The molecule has 0 bridgehead atoms. The highest BCUT2D eigenvalue weighted by Gasteiger charge is 2.20. The number of nitrogens with one attached hydrogen (secondary N) is 2. The Kier molecular flexibility index (Phi) is 4.54. The maximum atomic E-state index is 12.0. The predicted molar refractivity (Wildman–Crippen MR) is 68.7 cm³/mol.